The zero-order chi connectivity index (χ0) is 14.1. The van der Waals surface area contributed by atoms with Crippen molar-refractivity contribution in [1.29, 1.82) is 0 Å². The lowest BCUT2D eigenvalue weighted by Crippen LogP contribution is -2.29. The molecule has 0 amide bonds. The Morgan fingerprint density at radius 1 is 1.37 bits per heavy atom. The Bertz CT molecular complexity index is 670. The highest BCUT2D eigenvalue weighted by Gasteiger charge is 2.28. The second kappa shape index (κ2) is 5.40. The largest absolute Gasteiger partial charge is 0.240 e. The first-order chi connectivity index (χ1) is 8.78. The summed E-state index contributed by atoms with van der Waals surface area (Å²) in [5, 5.41) is 0.339. The lowest BCUT2D eigenvalue weighted by Gasteiger charge is -2.10. The normalized spacial score (nSPS) is 22.5. The lowest BCUT2D eigenvalue weighted by molar-refractivity contribution is 0.543. The van der Waals surface area contributed by atoms with Gasteiger partial charge in [-0.3, -0.25) is 0 Å². The van der Waals surface area contributed by atoms with Crippen LogP contribution in [0.15, 0.2) is 29.2 Å². The zero-order valence-electron chi connectivity index (χ0n) is 10.0. The first kappa shape index (κ1) is 14.8. The van der Waals surface area contributed by atoms with Crippen molar-refractivity contribution >= 4 is 31.5 Å². The van der Waals surface area contributed by atoms with Crippen LogP contribution in [0.3, 0.4) is 0 Å². The van der Waals surface area contributed by atoms with Gasteiger partial charge in [-0.25, -0.2) is 21.6 Å². The molecular weight excluding hydrogens is 310 g/mol. The molecule has 0 radical (unpaired) electrons. The molecule has 1 fully saturated rings. The fraction of sp³-hybridized carbons (Fsp3) is 0.455. The van der Waals surface area contributed by atoms with E-state index in [0.29, 0.717) is 11.4 Å². The van der Waals surface area contributed by atoms with E-state index in [-0.39, 0.29) is 28.9 Å². The number of hydrogen-bond acceptors (Lipinski definition) is 4. The zero-order valence-corrected chi connectivity index (χ0v) is 12.4. The van der Waals surface area contributed by atoms with Crippen molar-refractivity contribution in [2.75, 3.05) is 18.1 Å². The van der Waals surface area contributed by atoms with E-state index in [1.165, 1.54) is 12.1 Å². The van der Waals surface area contributed by atoms with Crippen LogP contribution >= 0.6 is 11.6 Å². The number of sulfone groups is 1. The van der Waals surface area contributed by atoms with Gasteiger partial charge in [0.2, 0.25) is 10.0 Å². The molecule has 1 aliphatic heterocycles. The van der Waals surface area contributed by atoms with E-state index >= 15 is 0 Å². The number of hydrogen-bond donors (Lipinski definition) is 1. The highest BCUT2D eigenvalue weighted by molar-refractivity contribution is 7.91. The Morgan fingerprint density at radius 2 is 2.11 bits per heavy atom. The van der Waals surface area contributed by atoms with Gasteiger partial charge in [-0.15, -0.1) is 0 Å². The molecule has 19 heavy (non-hydrogen) atoms. The molecule has 2 rings (SSSR count). The van der Waals surface area contributed by atoms with Crippen LogP contribution in [-0.4, -0.2) is 34.9 Å². The Hall–Kier alpha value is -0.630. The molecule has 1 unspecified atom stereocenters. The number of benzene rings is 1. The number of halogens is 1. The molecule has 0 bridgehead atoms. The molecule has 8 heteroatoms. The van der Waals surface area contributed by atoms with Crippen LogP contribution < -0.4 is 4.72 Å². The quantitative estimate of drug-likeness (QED) is 0.898. The maximum absolute atomic E-state index is 12.0. The minimum Gasteiger partial charge on any atom is -0.229 e. The average molecular weight is 324 g/mol. The third-order valence-corrected chi connectivity index (χ3v) is 6.49. The molecule has 1 aromatic rings. The summed E-state index contributed by atoms with van der Waals surface area (Å²) < 4.78 is 49.0. The molecule has 1 saturated heterocycles. The summed E-state index contributed by atoms with van der Waals surface area (Å²) in [7, 11) is -6.63. The second-order valence-corrected chi connectivity index (χ2v) is 9.01. The molecule has 1 heterocycles. The topological polar surface area (TPSA) is 80.3 Å². The van der Waals surface area contributed by atoms with E-state index in [9.17, 15) is 16.8 Å². The SMILES string of the molecule is O=S1(=O)CCC(CNS(=O)(=O)c2cccc(Cl)c2)C1. The van der Waals surface area contributed by atoms with E-state index in [4.69, 9.17) is 11.6 Å². The summed E-state index contributed by atoms with van der Waals surface area (Å²) in [6, 6.07) is 5.94. The fourth-order valence-electron chi connectivity index (χ4n) is 1.98. The van der Waals surface area contributed by atoms with Crippen LogP contribution in [0.2, 0.25) is 5.02 Å². The maximum atomic E-state index is 12.0. The molecule has 1 atom stereocenters. The standard InChI is InChI=1S/C11H14ClNO4S2/c12-10-2-1-3-11(6-10)19(16,17)13-7-9-4-5-18(14,15)8-9/h1-3,6,9,13H,4-5,7-8H2. The van der Waals surface area contributed by atoms with Crippen molar-refractivity contribution in [2.24, 2.45) is 5.92 Å². The van der Waals surface area contributed by atoms with Crippen molar-refractivity contribution in [3.05, 3.63) is 29.3 Å². The number of rotatable bonds is 4. The Kier molecular flexibility index (Phi) is 4.20. The van der Waals surface area contributed by atoms with Gasteiger partial charge in [0.25, 0.3) is 0 Å². The van der Waals surface area contributed by atoms with Crippen LogP contribution in [0.25, 0.3) is 0 Å². The summed E-state index contributed by atoms with van der Waals surface area (Å²) in [5.41, 5.74) is 0. The van der Waals surface area contributed by atoms with E-state index in [1.807, 2.05) is 0 Å². The van der Waals surface area contributed by atoms with Crippen LogP contribution in [-0.2, 0) is 19.9 Å². The van der Waals surface area contributed by atoms with E-state index in [2.05, 4.69) is 4.72 Å². The number of sulfonamides is 1. The van der Waals surface area contributed by atoms with Crippen molar-refractivity contribution in [2.45, 2.75) is 11.3 Å². The van der Waals surface area contributed by atoms with Crippen LogP contribution in [0.1, 0.15) is 6.42 Å². The average Bonchev–Trinajstić information content (AvgIpc) is 2.67. The fourth-order valence-corrected chi connectivity index (χ4v) is 5.26. The van der Waals surface area contributed by atoms with Gasteiger partial charge in [0.15, 0.2) is 9.84 Å². The monoisotopic (exact) mass is 323 g/mol. The van der Waals surface area contributed by atoms with Crippen LogP contribution in [0.5, 0.6) is 0 Å². The van der Waals surface area contributed by atoms with E-state index in [0.717, 1.165) is 0 Å². The molecule has 1 aromatic carbocycles. The third-order valence-electron chi connectivity index (χ3n) is 3.00. The van der Waals surface area contributed by atoms with Gasteiger partial charge < -0.3 is 0 Å². The summed E-state index contributed by atoms with van der Waals surface area (Å²) >= 11 is 5.74. The van der Waals surface area contributed by atoms with E-state index in [1.54, 1.807) is 12.1 Å². The summed E-state index contributed by atoms with van der Waals surface area (Å²) in [6.07, 6.45) is 0.500. The molecule has 106 valence electrons. The van der Waals surface area contributed by atoms with Crippen LogP contribution in [0.4, 0.5) is 0 Å². The minimum atomic E-state index is -3.64. The Labute approximate surface area is 117 Å². The second-order valence-electron chi connectivity index (χ2n) is 4.58. The first-order valence-corrected chi connectivity index (χ1v) is 9.42. The highest BCUT2D eigenvalue weighted by atomic mass is 35.5. The van der Waals surface area contributed by atoms with Gasteiger partial charge in [0.05, 0.1) is 16.4 Å². The Morgan fingerprint density at radius 3 is 2.68 bits per heavy atom. The highest BCUT2D eigenvalue weighted by Crippen LogP contribution is 2.19. The molecule has 1 N–H and O–H groups in total. The molecule has 0 saturated carbocycles. The van der Waals surface area contributed by atoms with Gasteiger partial charge in [0.1, 0.15) is 0 Å². The smallest absolute Gasteiger partial charge is 0.229 e. The van der Waals surface area contributed by atoms with Crippen molar-refractivity contribution in [1.82, 2.24) is 4.72 Å². The first-order valence-electron chi connectivity index (χ1n) is 5.74. The van der Waals surface area contributed by atoms with Crippen molar-refractivity contribution in [3.63, 3.8) is 0 Å². The predicted molar refractivity (Wildman–Crippen MR) is 73.4 cm³/mol. The predicted octanol–water partition coefficient (Wildman–Crippen LogP) is 1.05. The van der Waals surface area contributed by atoms with Crippen molar-refractivity contribution < 1.29 is 16.8 Å². The van der Waals surface area contributed by atoms with Gasteiger partial charge in [-0.2, -0.15) is 0 Å². The molecule has 0 spiro atoms. The molecule has 5 nitrogen and oxygen atoms in total. The molecule has 1 aliphatic rings. The lowest BCUT2D eigenvalue weighted by atomic mass is 10.1. The van der Waals surface area contributed by atoms with Gasteiger partial charge >= 0.3 is 0 Å². The summed E-state index contributed by atoms with van der Waals surface area (Å²) in [4.78, 5) is 0.0841. The minimum absolute atomic E-state index is 0.0467. The van der Waals surface area contributed by atoms with Crippen LogP contribution in [0, 0.1) is 5.92 Å². The van der Waals surface area contributed by atoms with Gasteiger partial charge in [-0.1, -0.05) is 17.7 Å². The summed E-state index contributed by atoms with van der Waals surface area (Å²) in [5.74, 6) is 0.0284. The molecule has 0 aromatic heterocycles. The Balaban J connectivity index is 2.03. The maximum Gasteiger partial charge on any atom is 0.240 e. The van der Waals surface area contributed by atoms with Gasteiger partial charge in [0, 0.05) is 11.6 Å². The molecular formula is C11H14ClNO4S2. The third kappa shape index (κ3) is 3.92. The van der Waals surface area contributed by atoms with Gasteiger partial charge in [-0.05, 0) is 30.5 Å². The summed E-state index contributed by atoms with van der Waals surface area (Å²) in [6.45, 7) is 0.133. The van der Waals surface area contributed by atoms with E-state index < -0.39 is 19.9 Å². The number of nitrogens with one attached hydrogen (secondary N) is 1. The molecule has 0 aliphatic carbocycles. The van der Waals surface area contributed by atoms with Crippen molar-refractivity contribution in [3.8, 4) is 0 Å².